The summed E-state index contributed by atoms with van der Waals surface area (Å²) in [7, 11) is 0. The first-order chi connectivity index (χ1) is 9.77. The molecule has 0 aromatic rings. The summed E-state index contributed by atoms with van der Waals surface area (Å²) < 4.78 is 0. The fourth-order valence-electron chi connectivity index (χ4n) is 2.53. The third kappa shape index (κ3) is 17.3. The van der Waals surface area contributed by atoms with Gasteiger partial charge < -0.3 is 11.1 Å². The Morgan fingerprint density at radius 3 is 1.40 bits per heavy atom. The number of hydrogen-bond donors (Lipinski definition) is 2. The van der Waals surface area contributed by atoms with E-state index in [-0.39, 0.29) is 0 Å². The number of unbranched alkanes of at least 4 members (excludes halogenated alkanes) is 13. The van der Waals surface area contributed by atoms with E-state index in [1.54, 1.807) is 0 Å². The molecule has 0 aliphatic carbocycles. The zero-order chi connectivity index (χ0) is 14.9. The number of rotatable bonds is 15. The van der Waals surface area contributed by atoms with E-state index < -0.39 is 6.03 Å². The number of hydrogen-bond acceptors (Lipinski definition) is 1. The highest BCUT2D eigenvalue weighted by molar-refractivity contribution is 5.71. The maximum atomic E-state index is 10.4. The molecule has 0 saturated carbocycles. The van der Waals surface area contributed by atoms with Gasteiger partial charge >= 0.3 is 6.03 Å². The minimum atomic E-state index is -0.403. The molecule has 120 valence electrons. The number of carbonyl (C=O) groups is 1. The lowest BCUT2D eigenvalue weighted by atomic mass is 10.0. The van der Waals surface area contributed by atoms with E-state index in [2.05, 4.69) is 12.2 Å². The van der Waals surface area contributed by atoms with E-state index in [9.17, 15) is 4.79 Å². The number of nitrogens with two attached hydrogens (primary N) is 1. The second-order valence-corrected chi connectivity index (χ2v) is 5.89. The number of carbonyl (C=O) groups excluding carboxylic acids is 1. The standard InChI is InChI=1S/C17H36N2O/c1-2-3-4-5-6-7-8-9-10-11-12-13-14-15-16-19-17(18)20/h2-16H2,1H3,(H3,18,19,20). The molecule has 0 aromatic heterocycles. The first-order valence-corrected chi connectivity index (χ1v) is 8.80. The monoisotopic (exact) mass is 284 g/mol. The topological polar surface area (TPSA) is 55.1 Å². The molecule has 0 aromatic carbocycles. The average Bonchev–Trinajstić information content (AvgIpc) is 2.43. The van der Waals surface area contributed by atoms with Crippen LogP contribution in [0.5, 0.6) is 0 Å². The quantitative estimate of drug-likeness (QED) is 0.402. The summed E-state index contributed by atoms with van der Waals surface area (Å²) in [6.45, 7) is 3.00. The SMILES string of the molecule is CCCCCCCCCCCCCCCCNC(N)=O. The van der Waals surface area contributed by atoms with Gasteiger partial charge in [-0.25, -0.2) is 4.79 Å². The van der Waals surface area contributed by atoms with Crippen molar-refractivity contribution in [2.45, 2.75) is 96.8 Å². The highest BCUT2D eigenvalue weighted by Gasteiger charge is 1.94. The minimum absolute atomic E-state index is 0.403. The van der Waals surface area contributed by atoms with Crippen LogP contribution in [0.2, 0.25) is 0 Å². The van der Waals surface area contributed by atoms with E-state index in [0.29, 0.717) is 0 Å². The van der Waals surface area contributed by atoms with Crippen LogP contribution < -0.4 is 11.1 Å². The van der Waals surface area contributed by atoms with Gasteiger partial charge in [0.1, 0.15) is 0 Å². The molecule has 0 radical (unpaired) electrons. The molecule has 0 spiro atoms. The molecule has 0 atom stereocenters. The molecule has 0 unspecified atom stereocenters. The average molecular weight is 284 g/mol. The van der Waals surface area contributed by atoms with Gasteiger partial charge in [-0.1, -0.05) is 90.4 Å². The van der Waals surface area contributed by atoms with Crippen molar-refractivity contribution in [1.82, 2.24) is 5.32 Å². The second-order valence-electron chi connectivity index (χ2n) is 5.89. The molecule has 3 nitrogen and oxygen atoms in total. The zero-order valence-corrected chi connectivity index (χ0v) is 13.6. The van der Waals surface area contributed by atoms with Gasteiger partial charge in [-0.05, 0) is 6.42 Å². The summed E-state index contributed by atoms with van der Waals surface area (Å²) in [6, 6.07) is -0.403. The summed E-state index contributed by atoms with van der Waals surface area (Å²) in [5, 5.41) is 2.63. The summed E-state index contributed by atoms with van der Waals surface area (Å²) in [6.07, 6.45) is 19.0. The van der Waals surface area contributed by atoms with Gasteiger partial charge in [0, 0.05) is 6.54 Å². The van der Waals surface area contributed by atoms with Crippen LogP contribution in [0.3, 0.4) is 0 Å². The van der Waals surface area contributed by atoms with Crippen LogP contribution in [0, 0.1) is 0 Å². The van der Waals surface area contributed by atoms with Gasteiger partial charge in [-0.3, -0.25) is 0 Å². The fourth-order valence-corrected chi connectivity index (χ4v) is 2.53. The molecule has 0 bridgehead atoms. The Kier molecular flexibility index (Phi) is 15.7. The van der Waals surface area contributed by atoms with Crippen molar-refractivity contribution in [3.8, 4) is 0 Å². The number of primary amides is 1. The lowest BCUT2D eigenvalue weighted by Gasteiger charge is -2.03. The molecule has 0 heterocycles. The Morgan fingerprint density at radius 1 is 0.700 bits per heavy atom. The van der Waals surface area contributed by atoms with Crippen molar-refractivity contribution < 1.29 is 4.79 Å². The fraction of sp³-hybridized carbons (Fsp3) is 0.941. The van der Waals surface area contributed by atoms with Crippen molar-refractivity contribution in [3.63, 3.8) is 0 Å². The Morgan fingerprint density at radius 2 is 1.05 bits per heavy atom. The Bertz CT molecular complexity index is 207. The molecule has 3 N–H and O–H groups in total. The molecular formula is C17H36N2O. The van der Waals surface area contributed by atoms with Crippen molar-refractivity contribution in [1.29, 1.82) is 0 Å². The molecule has 0 aliphatic heterocycles. The predicted molar refractivity (Wildman–Crippen MR) is 87.9 cm³/mol. The molecular weight excluding hydrogens is 248 g/mol. The maximum Gasteiger partial charge on any atom is 0.312 e. The van der Waals surface area contributed by atoms with Gasteiger partial charge in [-0.2, -0.15) is 0 Å². The van der Waals surface area contributed by atoms with Crippen LogP contribution in [-0.2, 0) is 0 Å². The minimum Gasteiger partial charge on any atom is -0.352 e. The maximum absolute atomic E-state index is 10.4. The Balaban J connectivity index is 2.94. The van der Waals surface area contributed by atoms with Crippen LogP contribution in [0.1, 0.15) is 96.8 Å². The number of nitrogens with one attached hydrogen (secondary N) is 1. The van der Waals surface area contributed by atoms with Gasteiger partial charge in [0.15, 0.2) is 0 Å². The molecule has 0 rings (SSSR count). The Labute approximate surface area is 126 Å². The first kappa shape index (κ1) is 19.3. The third-order valence-electron chi connectivity index (χ3n) is 3.83. The second kappa shape index (κ2) is 16.3. The summed E-state index contributed by atoms with van der Waals surface area (Å²) in [5.74, 6) is 0. The smallest absolute Gasteiger partial charge is 0.312 e. The highest BCUT2D eigenvalue weighted by atomic mass is 16.2. The van der Waals surface area contributed by atoms with Crippen molar-refractivity contribution in [2.75, 3.05) is 6.54 Å². The summed E-state index contributed by atoms with van der Waals surface area (Å²) in [4.78, 5) is 10.4. The van der Waals surface area contributed by atoms with E-state index in [1.807, 2.05) is 0 Å². The van der Waals surface area contributed by atoms with Gasteiger partial charge in [-0.15, -0.1) is 0 Å². The van der Waals surface area contributed by atoms with Crippen LogP contribution in [0.25, 0.3) is 0 Å². The van der Waals surface area contributed by atoms with Crippen LogP contribution in [0.4, 0.5) is 4.79 Å². The van der Waals surface area contributed by atoms with Crippen molar-refractivity contribution in [3.05, 3.63) is 0 Å². The molecule has 0 saturated heterocycles. The lowest BCUT2D eigenvalue weighted by Crippen LogP contribution is -2.29. The molecule has 2 amide bonds. The molecule has 20 heavy (non-hydrogen) atoms. The van der Waals surface area contributed by atoms with E-state index in [1.165, 1.54) is 83.5 Å². The van der Waals surface area contributed by atoms with Gasteiger partial charge in [0.2, 0.25) is 0 Å². The van der Waals surface area contributed by atoms with E-state index >= 15 is 0 Å². The molecule has 0 aliphatic rings. The Hall–Kier alpha value is -0.730. The van der Waals surface area contributed by atoms with Gasteiger partial charge in [0.25, 0.3) is 0 Å². The first-order valence-electron chi connectivity index (χ1n) is 8.80. The van der Waals surface area contributed by atoms with E-state index in [4.69, 9.17) is 5.73 Å². The van der Waals surface area contributed by atoms with Crippen LogP contribution >= 0.6 is 0 Å². The summed E-state index contributed by atoms with van der Waals surface area (Å²) >= 11 is 0. The number of amides is 2. The highest BCUT2D eigenvalue weighted by Crippen LogP contribution is 2.12. The molecule has 0 fully saturated rings. The lowest BCUT2D eigenvalue weighted by molar-refractivity contribution is 0.248. The van der Waals surface area contributed by atoms with Crippen LogP contribution in [0.15, 0.2) is 0 Å². The third-order valence-corrected chi connectivity index (χ3v) is 3.83. The zero-order valence-electron chi connectivity index (χ0n) is 13.6. The van der Waals surface area contributed by atoms with Crippen molar-refractivity contribution in [2.24, 2.45) is 5.73 Å². The predicted octanol–water partition coefficient (Wildman–Crippen LogP) is 5.14. The van der Waals surface area contributed by atoms with Crippen LogP contribution in [-0.4, -0.2) is 12.6 Å². The molecule has 3 heteroatoms. The summed E-state index contributed by atoms with van der Waals surface area (Å²) in [5.41, 5.74) is 5.00. The van der Waals surface area contributed by atoms with E-state index in [0.717, 1.165) is 13.0 Å². The largest absolute Gasteiger partial charge is 0.352 e. The normalized spacial score (nSPS) is 10.7. The van der Waals surface area contributed by atoms with Gasteiger partial charge in [0.05, 0.1) is 0 Å². The number of urea groups is 1. The van der Waals surface area contributed by atoms with Crippen molar-refractivity contribution >= 4 is 6.03 Å².